The smallest absolute Gasteiger partial charge is 0.167 e. The number of hydrogen-bond donors (Lipinski definition) is 0. The normalized spacial score (nSPS) is 42.8. The summed E-state index contributed by atoms with van der Waals surface area (Å²) in [5, 5.41) is 0. The van der Waals surface area contributed by atoms with Gasteiger partial charge >= 0.3 is 0 Å². The topological polar surface area (TPSA) is 35.5 Å². The molecule has 0 aromatic rings. The van der Waals surface area contributed by atoms with Gasteiger partial charge in [0.1, 0.15) is 12.2 Å². The van der Waals surface area contributed by atoms with Crippen LogP contribution in [0.4, 0.5) is 0 Å². The fourth-order valence-electron chi connectivity index (χ4n) is 1.41. The van der Waals surface area contributed by atoms with Crippen LogP contribution in [0.2, 0.25) is 0 Å². The van der Waals surface area contributed by atoms with Gasteiger partial charge in [-0.3, -0.25) is 4.79 Å². The van der Waals surface area contributed by atoms with Gasteiger partial charge in [-0.25, -0.2) is 0 Å². The molecule has 1 unspecified atom stereocenters. The van der Waals surface area contributed by atoms with Crippen molar-refractivity contribution in [3.8, 4) is 0 Å². The number of rotatable bonds is 0. The van der Waals surface area contributed by atoms with Crippen molar-refractivity contribution in [3.05, 3.63) is 0 Å². The maximum atomic E-state index is 10.8. The van der Waals surface area contributed by atoms with E-state index in [-0.39, 0.29) is 18.0 Å². The molecular formula is C7H10O3. The molecule has 0 aromatic carbocycles. The first-order chi connectivity index (χ1) is 4.58. The average Bonchev–Trinajstić information content (AvgIpc) is 2.04. The molecule has 1 saturated carbocycles. The van der Waals surface area contributed by atoms with E-state index in [0.717, 1.165) is 0 Å². The second-order valence-electron chi connectivity index (χ2n) is 3.27. The highest BCUT2D eigenvalue weighted by Gasteiger charge is 2.52. The molecule has 0 radical (unpaired) electrons. The van der Waals surface area contributed by atoms with Crippen LogP contribution in [0.25, 0.3) is 0 Å². The van der Waals surface area contributed by atoms with E-state index in [9.17, 15) is 4.79 Å². The number of ketones is 1. The van der Waals surface area contributed by atoms with Gasteiger partial charge in [-0.15, -0.1) is 0 Å². The van der Waals surface area contributed by atoms with Gasteiger partial charge in [-0.1, -0.05) is 0 Å². The van der Waals surface area contributed by atoms with Crippen molar-refractivity contribution in [2.75, 3.05) is 0 Å². The third-order valence-electron chi connectivity index (χ3n) is 1.90. The first-order valence-corrected chi connectivity index (χ1v) is 3.47. The Hall–Kier alpha value is -0.410. The van der Waals surface area contributed by atoms with Crippen molar-refractivity contribution < 1.29 is 14.3 Å². The lowest BCUT2D eigenvalue weighted by Crippen LogP contribution is -2.44. The Morgan fingerprint density at radius 1 is 1.50 bits per heavy atom. The minimum atomic E-state index is -0.540. The molecule has 56 valence electrons. The highest BCUT2D eigenvalue weighted by molar-refractivity contribution is 5.91. The summed E-state index contributed by atoms with van der Waals surface area (Å²) >= 11 is 0. The second kappa shape index (κ2) is 1.60. The third kappa shape index (κ3) is 0.707. The highest BCUT2D eigenvalue weighted by atomic mass is 16.8. The van der Waals surface area contributed by atoms with Gasteiger partial charge < -0.3 is 9.47 Å². The number of carbonyl (C=O) groups excluding carboxylic acids is 1. The zero-order valence-electron chi connectivity index (χ0n) is 6.09. The van der Waals surface area contributed by atoms with Gasteiger partial charge in [-0.2, -0.15) is 0 Å². The molecule has 1 aliphatic heterocycles. The maximum Gasteiger partial charge on any atom is 0.167 e. The number of ether oxygens (including phenoxy) is 2. The standard InChI is InChI=1S/C7H10O3/c1-7(2)9-5-3-4(8)6(5)10-7/h5-6H,3H2,1-2H3/t5-,6?/m1/s1. The van der Waals surface area contributed by atoms with E-state index in [0.29, 0.717) is 6.42 Å². The summed E-state index contributed by atoms with van der Waals surface area (Å²) < 4.78 is 10.7. The van der Waals surface area contributed by atoms with Crippen LogP contribution in [-0.4, -0.2) is 23.8 Å². The largest absolute Gasteiger partial charge is 0.344 e. The zero-order chi connectivity index (χ0) is 7.35. The van der Waals surface area contributed by atoms with E-state index >= 15 is 0 Å². The van der Waals surface area contributed by atoms with E-state index in [1.165, 1.54) is 0 Å². The summed E-state index contributed by atoms with van der Waals surface area (Å²) in [6.07, 6.45) is 0.325. The summed E-state index contributed by atoms with van der Waals surface area (Å²) in [5.41, 5.74) is 0. The number of Topliss-reactive ketones (excluding diaryl/α,β-unsaturated/α-hetero) is 1. The summed E-state index contributed by atoms with van der Waals surface area (Å²) in [6, 6.07) is 0. The lowest BCUT2D eigenvalue weighted by molar-refractivity contribution is -0.146. The lowest BCUT2D eigenvalue weighted by atomic mass is 9.91. The van der Waals surface area contributed by atoms with Crippen molar-refractivity contribution in [2.45, 2.75) is 38.3 Å². The van der Waals surface area contributed by atoms with Crippen LogP contribution < -0.4 is 0 Å². The second-order valence-corrected chi connectivity index (χ2v) is 3.27. The van der Waals surface area contributed by atoms with Crippen molar-refractivity contribution >= 4 is 5.78 Å². The average molecular weight is 142 g/mol. The van der Waals surface area contributed by atoms with Crippen LogP contribution in [0.3, 0.4) is 0 Å². The molecule has 2 atom stereocenters. The molecule has 3 heteroatoms. The molecule has 0 amide bonds. The Morgan fingerprint density at radius 2 is 2.20 bits per heavy atom. The summed E-state index contributed by atoms with van der Waals surface area (Å²) in [6.45, 7) is 3.66. The van der Waals surface area contributed by atoms with Crippen LogP contribution in [-0.2, 0) is 14.3 Å². The van der Waals surface area contributed by atoms with Gasteiger partial charge in [0.05, 0.1) is 0 Å². The molecular weight excluding hydrogens is 132 g/mol. The van der Waals surface area contributed by atoms with Crippen molar-refractivity contribution in [3.63, 3.8) is 0 Å². The van der Waals surface area contributed by atoms with E-state index in [1.807, 2.05) is 13.8 Å². The zero-order valence-corrected chi connectivity index (χ0v) is 6.09. The van der Waals surface area contributed by atoms with Crippen LogP contribution in [0.5, 0.6) is 0 Å². The SMILES string of the molecule is CC1(C)OC2C(=O)C[C@H]2O1. The van der Waals surface area contributed by atoms with Crippen LogP contribution in [0, 0.1) is 0 Å². The van der Waals surface area contributed by atoms with E-state index < -0.39 is 5.79 Å². The van der Waals surface area contributed by atoms with Crippen LogP contribution >= 0.6 is 0 Å². The van der Waals surface area contributed by atoms with Gasteiger partial charge in [0.2, 0.25) is 0 Å². The van der Waals surface area contributed by atoms with Crippen molar-refractivity contribution in [1.82, 2.24) is 0 Å². The fraction of sp³-hybridized carbons (Fsp3) is 0.857. The van der Waals surface area contributed by atoms with E-state index in [1.54, 1.807) is 0 Å². The molecule has 2 rings (SSSR count). The predicted octanol–water partition coefficient (Wildman–Crippen LogP) is 0.479. The minimum Gasteiger partial charge on any atom is -0.344 e. The summed E-state index contributed by atoms with van der Waals surface area (Å²) in [4.78, 5) is 10.8. The molecule has 10 heavy (non-hydrogen) atoms. The molecule has 2 aliphatic rings. The monoisotopic (exact) mass is 142 g/mol. The molecule has 0 N–H and O–H groups in total. The van der Waals surface area contributed by atoms with Crippen molar-refractivity contribution in [1.29, 1.82) is 0 Å². The van der Waals surface area contributed by atoms with Crippen molar-refractivity contribution in [2.24, 2.45) is 0 Å². The Labute approximate surface area is 59.3 Å². The quantitative estimate of drug-likeness (QED) is 0.493. The van der Waals surface area contributed by atoms with Gasteiger partial charge in [0, 0.05) is 6.42 Å². The molecule has 1 saturated heterocycles. The van der Waals surface area contributed by atoms with Gasteiger partial charge in [0.15, 0.2) is 11.6 Å². The molecule has 1 heterocycles. The third-order valence-corrected chi connectivity index (χ3v) is 1.90. The van der Waals surface area contributed by atoms with Gasteiger partial charge in [0.25, 0.3) is 0 Å². The molecule has 0 spiro atoms. The Kier molecular flexibility index (Phi) is 1.01. The Morgan fingerprint density at radius 3 is 2.60 bits per heavy atom. The van der Waals surface area contributed by atoms with Crippen LogP contribution in [0.1, 0.15) is 20.3 Å². The molecule has 2 fully saturated rings. The first-order valence-electron chi connectivity index (χ1n) is 3.47. The summed E-state index contributed by atoms with van der Waals surface area (Å²) in [5.74, 6) is -0.364. The predicted molar refractivity (Wildman–Crippen MR) is 33.4 cm³/mol. The lowest BCUT2D eigenvalue weighted by Gasteiger charge is -2.23. The maximum absolute atomic E-state index is 10.8. The van der Waals surface area contributed by atoms with E-state index in [2.05, 4.69) is 0 Å². The molecule has 1 aliphatic carbocycles. The molecule has 0 aromatic heterocycles. The van der Waals surface area contributed by atoms with Crippen LogP contribution in [0.15, 0.2) is 0 Å². The Bertz CT molecular complexity index is 185. The minimum absolute atomic E-state index is 0.0440. The van der Waals surface area contributed by atoms with E-state index in [4.69, 9.17) is 9.47 Å². The first kappa shape index (κ1) is 6.31. The highest BCUT2D eigenvalue weighted by Crippen LogP contribution is 2.37. The number of fused-ring (bicyclic) bond motifs is 1. The fourth-order valence-corrected chi connectivity index (χ4v) is 1.41. The summed E-state index contributed by atoms with van der Waals surface area (Å²) in [7, 11) is 0. The Balaban J connectivity index is 2.12. The molecule has 0 bridgehead atoms. The number of carbonyl (C=O) groups is 1. The van der Waals surface area contributed by atoms with Gasteiger partial charge in [-0.05, 0) is 13.8 Å². The number of hydrogen-bond acceptors (Lipinski definition) is 3. The molecule has 3 nitrogen and oxygen atoms in total.